The SMILES string of the molecule is c1cc(-c2ccc3c4ccccc4c4ccccc4c3c2)cc(-n2c3ccccc3c3cc(-n4c5ccccc5c5cc(-n6c7ccccc7c7ccccc76)ccc54)ccc32)c1. The smallest absolute Gasteiger partial charge is 0.0542 e. The van der Waals surface area contributed by atoms with Crippen LogP contribution < -0.4 is 0 Å². The van der Waals surface area contributed by atoms with Crippen molar-refractivity contribution in [3.63, 3.8) is 0 Å². The summed E-state index contributed by atoms with van der Waals surface area (Å²) in [6, 6.07) is 82.8. The van der Waals surface area contributed by atoms with Gasteiger partial charge in [0.25, 0.3) is 0 Å². The highest BCUT2D eigenvalue weighted by Gasteiger charge is 2.19. The molecule has 0 atom stereocenters. The van der Waals surface area contributed by atoms with Gasteiger partial charge in [-0.1, -0.05) is 146 Å². The average Bonchev–Trinajstić information content (AvgIpc) is 3.99. The number of rotatable bonds is 4. The van der Waals surface area contributed by atoms with Crippen LogP contribution in [0, 0.1) is 0 Å². The van der Waals surface area contributed by atoms with Crippen molar-refractivity contribution in [2.24, 2.45) is 0 Å². The fourth-order valence-electron chi connectivity index (χ4n) is 10.9. The van der Waals surface area contributed by atoms with E-state index in [1.165, 1.54) is 109 Å². The highest BCUT2D eigenvalue weighted by atomic mass is 15.0. The van der Waals surface area contributed by atoms with E-state index in [1.54, 1.807) is 0 Å². The van der Waals surface area contributed by atoms with Gasteiger partial charge in [0.1, 0.15) is 0 Å². The number of para-hydroxylation sites is 4. The predicted octanol–water partition coefficient (Wildman–Crippen LogP) is 16.1. The summed E-state index contributed by atoms with van der Waals surface area (Å²) in [4.78, 5) is 0. The fraction of sp³-hybridized carbons (Fsp3) is 0. The molecule has 0 aliphatic heterocycles. The van der Waals surface area contributed by atoms with Crippen LogP contribution >= 0.6 is 0 Å². The van der Waals surface area contributed by atoms with Gasteiger partial charge in [0.05, 0.1) is 33.1 Å². The molecule has 3 aromatic heterocycles. The number of aromatic nitrogens is 3. The van der Waals surface area contributed by atoms with Gasteiger partial charge in [-0.15, -0.1) is 0 Å². The van der Waals surface area contributed by atoms with Crippen LogP contribution in [0.25, 0.3) is 126 Å². The second-order valence-electron chi connectivity index (χ2n) is 16.9. The van der Waals surface area contributed by atoms with Gasteiger partial charge < -0.3 is 13.7 Å². The molecule has 0 amide bonds. The van der Waals surface area contributed by atoms with Gasteiger partial charge in [-0.2, -0.15) is 0 Å². The Morgan fingerprint density at radius 1 is 0.175 bits per heavy atom. The van der Waals surface area contributed by atoms with Crippen LogP contribution in [-0.2, 0) is 0 Å². The molecule has 292 valence electrons. The molecule has 0 N–H and O–H groups in total. The molecule has 63 heavy (non-hydrogen) atoms. The molecule has 0 fully saturated rings. The van der Waals surface area contributed by atoms with Crippen LogP contribution in [0.4, 0.5) is 0 Å². The third-order valence-electron chi connectivity index (χ3n) is 13.6. The maximum absolute atomic E-state index is 2.44. The molecule has 0 bridgehead atoms. The molecular weight excluding hydrogens is 763 g/mol. The Labute approximate surface area is 362 Å². The first kappa shape index (κ1) is 34.3. The Hall–Kier alpha value is -8.40. The molecule has 0 unspecified atom stereocenters. The molecule has 3 nitrogen and oxygen atoms in total. The van der Waals surface area contributed by atoms with Gasteiger partial charge in [0.2, 0.25) is 0 Å². The maximum atomic E-state index is 2.44. The van der Waals surface area contributed by atoms with E-state index < -0.39 is 0 Å². The summed E-state index contributed by atoms with van der Waals surface area (Å²) in [6.45, 7) is 0. The van der Waals surface area contributed by atoms with Gasteiger partial charge in [-0.25, -0.2) is 0 Å². The lowest BCUT2D eigenvalue weighted by atomic mass is 9.92. The van der Waals surface area contributed by atoms with E-state index in [9.17, 15) is 0 Å². The predicted molar refractivity (Wildman–Crippen MR) is 267 cm³/mol. The zero-order valence-electron chi connectivity index (χ0n) is 34.2. The molecule has 11 aromatic carbocycles. The Kier molecular flexibility index (Phi) is 7.11. The first-order chi connectivity index (χ1) is 31.3. The molecule has 0 radical (unpaired) electrons. The Balaban J connectivity index is 0.929. The van der Waals surface area contributed by atoms with E-state index >= 15 is 0 Å². The summed E-state index contributed by atoms with van der Waals surface area (Å²) in [6.07, 6.45) is 0. The minimum Gasteiger partial charge on any atom is -0.309 e. The highest BCUT2D eigenvalue weighted by Crippen LogP contribution is 2.41. The lowest BCUT2D eigenvalue weighted by Gasteiger charge is -2.14. The van der Waals surface area contributed by atoms with Crippen molar-refractivity contribution in [2.75, 3.05) is 0 Å². The summed E-state index contributed by atoms with van der Waals surface area (Å²) >= 11 is 0. The van der Waals surface area contributed by atoms with E-state index in [1.807, 2.05) is 0 Å². The summed E-state index contributed by atoms with van der Waals surface area (Å²) in [5.41, 5.74) is 13.0. The third kappa shape index (κ3) is 4.90. The topological polar surface area (TPSA) is 14.8 Å². The standard InChI is InChI=1S/C60H37N3/c1-2-18-45-43(16-1)44-17-3-4-19-46(44)52-35-39(28-31-47(45)52)38-14-13-15-40(34-38)61-57-26-11-7-22-50(57)53-37-42(30-32-59(53)61)63-58-27-12-8-23-51(58)54-36-41(29-33-60(54)63)62-55-24-9-5-20-48(55)49-21-6-10-25-56(49)62/h1-37H. The first-order valence-electron chi connectivity index (χ1n) is 21.8. The minimum absolute atomic E-state index is 1.14. The zero-order valence-corrected chi connectivity index (χ0v) is 34.2. The van der Waals surface area contributed by atoms with Crippen molar-refractivity contribution < 1.29 is 0 Å². The van der Waals surface area contributed by atoms with Gasteiger partial charge in [0, 0.05) is 49.4 Å². The molecule has 14 aromatic rings. The van der Waals surface area contributed by atoms with E-state index in [2.05, 4.69) is 238 Å². The molecule has 0 aliphatic rings. The molecule has 3 heterocycles. The quantitative estimate of drug-likeness (QED) is 0.158. The van der Waals surface area contributed by atoms with E-state index in [-0.39, 0.29) is 0 Å². The van der Waals surface area contributed by atoms with Crippen LogP contribution in [0.5, 0.6) is 0 Å². The van der Waals surface area contributed by atoms with Crippen LogP contribution in [0.15, 0.2) is 224 Å². The van der Waals surface area contributed by atoms with Crippen molar-refractivity contribution in [1.82, 2.24) is 13.7 Å². The number of hydrogen-bond donors (Lipinski definition) is 0. The lowest BCUT2D eigenvalue weighted by molar-refractivity contribution is 1.16. The lowest BCUT2D eigenvalue weighted by Crippen LogP contribution is -1.97. The molecule has 14 rings (SSSR count). The van der Waals surface area contributed by atoms with Crippen LogP contribution in [-0.4, -0.2) is 13.7 Å². The second-order valence-corrected chi connectivity index (χ2v) is 16.9. The Morgan fingerprint density at radius 2 is 0.508 bits per heavy atom. The van der Waals surface area contributed by atoms with Crippen LogP contribution in [0.1, 0.15) is 0 Å². The molecular formula is C60H37N3. The molecule has 0 saturated heterocycles. The van der Waals surface area contributed by atoms with Crippen molar-refractivity contribution in [2.45, 2.75) is 0 Å². The Morgan fingerprint density at radius 3 is 0.968 bits per heavy atom. The van der Waals surface area contributed by atoms with E-state index in [0.717, 1.165) is 17.1 Å². The molecule has 0 saturated carbocycles. The largest absolute Gasteiger partial charge is 0.309 e. The maximum Gasteiger partial charge on any atom is 0.0542 e. The molecule has 0 spiro atoms. The number of nitrogens with zero attached hydrogens (tertiary/aromatic N) is 3. The van der Waals surface area contributed by atoms with Crippen molar-refractivity contribution in [3.05, 3.63) is 224 Å². The van der Waals surface area contributed by atoms with Crippen molar-refractivity contribution in [3.8, 4) is 28.2 Å². The average molecular weight is 800 g/mol. The fourth-order valence-corrected chi connectivity index (χ4v) is 10.9. The monoisotopic (exact) mass is 799 g/mol. The van der Waals surface area contributed by atoms with Gasteiger partial charge >= 0.3 is 0 Å². The number of benzene rings is 11. The van der Waals surface area contributed by atoms with Crippen molar-refractivity contribution >= 4 is 97.7 Å². The van der Waals surface area contributed by atoms with Crippen LogP contribution in [0.2, 0.25) is 0 Å². The minimum atomic E-state index is 1.14. The third-order valence-corrected chi connectivity index (χ3v) is 13.6. The molecule has 3 heteroatoms. The highest BCUT2D eigenvalue weighted by molar-refractivity contribution is 6.26. The van der Waals surface area contributed by atoms with Gasteiger partial charge in [0.15, 0.2) is 0 Å². The second kappa shape index (κ2) is 13.1. The normalized spacial score (nSPS) is 12.1. The summed E-state index contributed by atoms with van der Waals surface area (Å²) < 4.78 is 7.29. The summed E-state index contributed by atoms with van der Waals surface area (Å²) in [7, 11) is 0. The van der Waals surface area contributed by atoms with Crippen molar-refractivity contribution in [1.29, 1.82) is 0 Å². The summed E-state index contributed by atoms with van der Waals surface area (Å²) in [5, 5.41) is 15.2. The zero-order chi connectivity index (χ0) is 41.2. The van der Waals surface area contributed by atoms with Gasteiger partial charge in [-0.3, -0.25) is 0 Å². The van der Waals surface area contributed by atoms with Crippen LogP contribution in [0.3, 0.4) is 0 Å². The number of fused-ring (bicyclic) bond motifs is 15. The first-order valence-corrected chi connectivity index (χ1v) is 21.8. The number of hydrogen-bond acceptors (Lipinski definition) is 0. The molecule has 0 aliphatic carbocycles. The summed E-state index contributed by atoms with van der Waals surface area (Å²) in [5.74, 6) is 0. The van der Waals surface area contributed by atoms with E-state index in [4.69, 9.17) is 0 Å². The Bertz CT molecular complexity index is 4130. The van der Waals surface area contributed by atoms with Gasteiger partial charge in [-0.05, 0) is 122 Å². The van der Waals surface area contributed by atoms with E-state index in [0.29, 0.717) is 0 Å².